The number of nitrogens with zero attached hydrogens (tertiary/aromatic N) is 3. The number of sulfonamides is 1. The lowest BCUT2D eigenvalue weighted by Crippen LogP contribution is -2.52. The molecule has 5 heterocycles. The fraction of sp³-hybridized carbons (Fsp3) is 0.652. The number of rotatable bonds is 6. The van der Waals surface area contributed by atoms with Crippen LogP contribution in [0.1, 0.15) is 58.8 Å². The van der Waals surface area contributed by atoms with E-state index >= 15 is 0 Å². The number of piperidine rings is 1. The van der Waals surface area contributed by atoms with Crippen molar-refractivity contribution in [2.75, 3.05) is 10.6 Å². The molecule has 0 amide bonds. The molecule has 1 aliphatic carbocycles. The average molecular weight is 472 g/mol. The molecule has 0 aromatic carbocycles. The number of anilines is 2. The minimum Gasteiger partial charge on any atom is -0.367 e. The number of hydrazine groups is 1. The first-order chi connectivity index (χ1) is 15.8. The van der Waals surface area contributed by atoms with Crippen LogP contribution in [0.15, 0.2) is 24.4 Å². The third kappa shape index (κ3) is 3.77. The molecule has 4 N–H and O–H groups in total. The van der Waals surface area contributed by atoms with Gasteiger partial charge in [-0.2, -0.15) is 4.31 Å². The zero-order valence-corrected chi connectivity index (χ0v) is 20.0. The summed E-state index contributed by atoms with van der Waals surface area (Å²) < 4.78 is 27.9. The lowest BCUT2D eigenvalue weighted by molar-refractivity contribution is 0.232. The van der Waals surface area contributed by atoms with E-state index in [9.17, 15) is 8.42 Å². The first kappa shape index (κ1) is 21.5. The van der Waals surface area contributed by atoms with Gasteiger partial charge in [-0.3, -0.25) is 10.4 Å². The quantitative estimate of drug-likeness (QED) is 0.509. The summed E-state index contributed by atoms with van der Waals surface area (Å²) in [4.78, 5) is 9.47. The molecular formula is C23H33N7O2S. The van der Waals surface area contributed by atoms with E-state index in [-0.39, 0.29) is 24.3 Å². The van der Waals surface area contributed by atoms with Gasteiger partial charge in [-0.15, -0.1) is 0 Å². The molecular weight excluding hydrogens is 438 g/mol. The van der Waals surface area contributed by atoms with Crippen LogP contribution in [0.5, 0.6) is 0 Å². The Bertz CT molecular complexity index is 1150. The van der Waals surface area contributed by atoms with Crippen molar-refractivity contribution in [2.45, 2.75) is 93.9 Å². The van der Waals surface area contributed by atoms with Gasteiger partial charge in [0.25, 0.3) is 0 Å². The van der Waals surface area contributed by atoms with Crippen LogP contribution in [0.3, 0.4) is 0 Å². The maximum atomic E-state index is 13.3. The Kier molecular flexibility index (Phi) is 5.06. The van der Waals surface area contributed by atoms with Gasteiger partial charge in [0.15, 0.2) is 0 Å². The zero-order valence-electron chi connectivity index (χ0n) is 19.2. The molecule has 33 heavy (non-hydrogen) atoms. The molecule has 0 radical (unpaired) electrons. The summed E-state index contributed by atoms with van der Waals surface area (Å²) >= 11 is 0. The number of hydrogen-bond donors (Lipinski definition) is 4. The van der Waals surface area contributed by atoms with Crippen LogP contribution in [0, 0.1) is 0 Å². The smallest absolute Gasteiger partial charge is 0.220 e. The van der Waals surface area contributed by atoms with Crippen molar-refractivity contribution in [3.63, 3.8) is 0 Å². The normalized spacial score (nSPS) is 33.3. The summed E-state index contributed by atoms with van der Waals surface area (Å²) in [5.74, 6) is 1.60. The van der Waals surface area contributed by atoms with E-state index in [1.54, 1.807) is 6.20 Å². The van der Waals surface area contributed by atoms with Gasteiger partial charge in [-0.1, -0.05) is 0 Å². The fourth-order valence-electron chi connectivity index (χ4n) is 5.77. The molecule has 10 heteroatoms. The summed E-state index contributed by atoms with van der Waals surface area (Å²) in [5, 5.41) is 8.13. The van der Waals surface area contributed by atoms with Crippen molar-refractivity contribution in [1.29, 1.82) is 0 Å². The fourth-order valence-corrected chi connectivity index (χ4v) is 8.07. The highest BCUT2D eigenvalue weighted by Gasteiger charge is 2.58. The third-order valence-electron chi connectivity index (χ3n) is 7.88. The van der Waals surface area contributed by atoms with Crippen LogP contribution in [0.25, 0.3) is 10.9 Å². The standard InChI is InChI=1S/C23H33N7O2S/c1-14-10-21(29-28-14)26-20-13-19-18(4-3-9-24-19)22(27-20)25-15-11-16-5-6-17(12-15)30(16)33(31,32)23(2)7-8-23/h3-4,9,13-17,21,28-29H,5-8,10-12H2,1-2H3,(H2,25,26,27)/t14?,15?,16-,17+,21?. The van der Waals surface area contributed by atoms with Crippen LogP contribution in [0.2, 0.25) is 0 Å². The molecule has 3 unspecified atom stereocenters. The Labute approximate surface area is 195 Å². The highest BCUT2D eigenvalue weighted by Crippen LogP contribution is 2.50. The highest BCUT2D eigenvalue weighted by atomic mass is 32.2. The summed E-state index contributed by atoms with van der Waals surface area (Å²) in [5.41, 5.74) is 7.38. The van der Waals surface area contributed by atoms with E-state index in [2.05, 4.69) is 33.4 Å². The molecule has 0 spiro atoms. The van der Waals surface area contributed by atoms with Crippen molar-refractivity contribution in [1.82, 2.24) is 25.1 Å². The Morgan fingerprint density at radius 1 is 1.12 bits per heavy atom. The summed E-state index contributed by atoms with van der Waals surface area (Å²) in [6, 6.07) is 6.73. The van der Waals surface area contributed by atoms with Crippen molar-refractivity contribution in [3.05, 3.63) is 24.4 Å². The van der Waals surface area contributed by atoms with E-state index in [0.717, 1.165) is 67.5 Å². The molecule has 3 saturated heterocycles. The van der Waals surface area contributed by atoms with Crippen molar-refractivity contribution in [2.24, 2.45) is 0 Å². The Hall–Kier alpha value is -2.01. The molecule has 5 atom stereocenters. The number of nitrogens with one attached hydrogen (secondary N) is 4. The van der Waals surface area contributed by atoms with Crippen LogP contribution in [0.4, 0.5) is 11.6 Å². The third-order valence-corrected chi connectivity index (χ3v) is 10.7. The van der Waals surface area contributed by atoms with E-state index < -0.39 is 14.8 Å². The molecule has 2 aromatic heterocycles. The molecule has 1 saturated carbocycles. The molecule has 2 aromatic rings. The predicted octanol–water partition coefficient (Wildman–Crippen LogP) is 2.54. The second kappa shape index (κ2) is 7.76. The van der Waals surface area contributed by atoms with Gasteiger partial charge in [0.2, 0.25) is 10.0 Å². The highest BCUT2D eigenvalue weighted by molar-refractivity contribution is 7.90. The van der Waals surface area contributed by atoms with Crippen LogP contribution in [-0.4, -0.2) is 57.8 Å². The van der Waals surface area contributed by atoms with Crippen molar-refractivity contribution >= 4 is 32.6 Å². The molecule has 9 nitrogen and oxygen atoms in total. The molecule has 3 aliphatic heterocycles. The van der Waals surface area contributed by atoms with E-state index in [1.165, 1.54) is 0 Å². The van der Waals surface area contributed by atoms with Crippen LogP contribution >= 0.6 is 0 Å². The van der Waals surface area contributed by atoms with Crippen LogP contribution < -0.4 is 21.5 Å². The SMILES string of the molecule is CC1CC(Nc2cc3ncccc3c(NC3C[C@H]4CC[C@@H](C3)N4S(=O)(=O)C3(C)CC3)n2)NN1. The first-order valence-corrected chi connectivity index (χ1v) is 13.6. The van der Waals surface area contributed by atoms with E-state index in [0.29, 0.717) is 6.04 Å². The maximum absolute atomic E-state index is 13.3. The van der Waals surface area contributed by atoms with Gasteiger partial charge in [-0.25, -0.2) is 18.8 Å². The maximum Gasteiger partial charge on any atom is 0.220 e. The summed E-state index contributed by atoms with van der Waals surface area (Å²) in [7, 11) is -3.22. The second-order valence-corrected chi connectivity index (χ2v) is 12.9. The summed E-state index contributed by atoms with van der Waals surface area (Å²) in [6.45, 7) is 4.05. The monoisotopic (exact) mass is 471 g/mol. The van der Waals surface area contributed by atoms with Crippen LogP contribution in [-0.2, 0) is 10.0 Å². The van der Waals surface area contributed by atoms with E-state index in [4.69, 9.17) is 4.98 Å². The lowest BCUT2D eigenvalue weighted by atomic mass is 9.99. The van der Waals surface area contributed by atoms with Gasteiger partial charge in [0.1, 0.15) is 11.6 Å². The van der Waals surface area contributed by atoms with Gasteiger partial charge in [-0.05, 0) is 70.9 Å². The largest absolute Gasteiger partial charge is 0.367 e. The molecule has 4 fully saturated rings. The lowest BCUT2D eigenvalue weighted by Gasteiger charge is -2.40. The Morgan fingerprint density at radius 3 is 2.55 bits per heavy atom. The van der Waals surface area contributed by atoms with E-state index in [1.807, 2.05) is 29.4 Å². The van der Waals surface area contributed by atoms with Crippen molar-refractivity contribution < 1.29 is 8.42 Å². The number of pyridine rings is 2. The number of aromatic nitrogens is 2. The average Bonchev–Trinajstić information content (AvgIpc) is 3.32. The Morgan fingerprint density at radius 2 is 1.88 bits per heavy atom. The van der Waals surface area contributed by atoms with Crippen molar-refractivity contribution in [3.8, 4) is 0 Å². The molecule has 178 valence electrons. The zero-order chi connectivity index (χ0) is 22.8. The molecule has 4 aliphatic rings. The topological polar surface area (TPSA) is 111 Å². The van der Waals surface area contributed by atoms with Gasteiger partial charge >= 0.3 is 0 Å². The first-order valence-electron chi connectivity index (χ1n) is 12.2. The second-order valence-electron chi connectivity index (χ2n) is 10.5. The Balaban J connectivity index is 1.23. The minimum atomic E-state index is -3.22. The van der Waals surface area contributed by atoms with Gasteiger partial charge in [0, 0.05) is 41.8 Å². The minimum absolute atomic E-state index is 0.0876. The number of fused-ring (bicyclic) bond motifs is 3. The van der Waals surface area contributed by atoms with Gasteiger partial charge < -0.3 is 10.6 Å². The molecule has 6 rings (SSSR count). The number of hydrogen-bond acceptors (Lipinski definition) is 8. The van der Waals surface area contributed by atoms with Gasteiger partial charge in [0.05, 0.1) is 16.4 Å². The summed E-state index contributed by atoms with van der Waals surface area (Å²) in [6.07, 6.45) is 7.99. The predicted molar refractivity (Wildman–Crippen MR) is 129 cm³/mol. The molecule has 2 bridgehead atoms.